The van der Waals surface area contributed by atoms with Crippen molar-refractivity contribution in [3.63, 3.8) is 0 Å². The quantitative estimate of drug-likeness (QED) is 0.835. The molecule has 21 heavy (non-hydrogen) atoms. The van der Waals surface area contributed by atoms with Gasteiger partial charge in [-0.2, -0.15) is 5.10 Å². The normalized spacial score (nSPS) is 18.7. The predicted molar refractivity (Wildman–Crippen MR) is 86.4 cm³/mol. The van der Waals surface area contributed by atoms with Crippen molar-refractivity contribution in [2.24, 2.45) is 0 Å². The maximum absolute atomic E-state index is 12.3. The minimum absolute atomic E-state index is 0.203. The maximum atomic E-state index is 12.3. The van der Waals surface area contributed by atoms with Crippen LogP contribution in [0.15, 0.2) is 11.0 Å². The van der Waals surface area contributed by atoms with Crippen LogP contribution in [0.1, 0.15) is 12.8 Å². The fourth-order valence-corrected chi connectivity index (χ4v) is 2.97. The third-order valence-electron chi connectivity index (χ3n) is 3.85. The molecule has 0 bridgehead atoms. The fourth-order valence-electron chi connectivity index (χ4n) is 2.71. The molecule has 1 aromatic rings. The Hall–Kier alpha value is -1.11. The van der Waals surface area contributed by atoms with Crippen LogP contribution in [0.4, 0.5) is 5.69 Å². The highest BCUT2D eigenvalue weighted by molar-refractivity contribution is 6.33. The first-order chi connectivity index (χ1) is 10.0. The average Bonchev–Trinajstić information content (AvgIpc) is 2.89. The molecule has 1 saturated heterocycles. The molecule has 0 aliphatic carbocycles. The zero-order valence-corrected chi connectivity index (χ0v) is 13.7. The van der Waals surface area contributed by atoms with Crippen molar-refractivity contribution in [1.82, 2.24) is 20.0 Å². The van der Waals surface area contributed by atoms with E-state index in [1.54, 1.807) is 6.20 Å². The van der Waals surface area contributed by atoms with E-state index in [1.807, 2.05) is 26.0 Å². The largest absolute Gasteiger partial charge is 0.365 e. The van der Waals surface area contributed by atoms with Crippen molar-refractivity contribution in [1.29, 1.82) is 0 Å². The van der Waals surface area contributed by atoms with Gasteiger partial charge < -0.3 is 15.1 Å². The van der Waals surface area contributed by atoms with Gasteiger partial charge in [0.15, 0.2) is 0 Å². The minimum atomic E-state index is -0.203. The molecule has 6 nitrogen and oxygen atoms in total. The van der Waals surface area contributed by atoms with Crippen LogP contribution in [0, 0.1) is 0 Å². The second-order valence-electron chi connectivity index (χ2n) is 5.72. The van der Waals surface area contributed by atoms with Crippen molar-refractivity contribution in [2.45, 2.75) is 25.4 Å². The lowest BCUT2D eigenvalue weighted by Gasteiger charge is -2.27. The van der Waals surface area contributed by atoms with Crippen molar-refractivity contribution in [3.05, 3.63) is 21.6 Å². The van der Waals surface area contributed by atoms with Gasteiger partial charge in [0.05, 0.1) is 18.4 Å². The summed E-state index contributed by atoms with van der Waals surface area (Å²) in [5, 5.41) is 7.76. The van der Waals surface area contributed by atoms with Gasteiger partial charge in [-0.1, -0.05) is 11.6 Å². The fraction of sp³-hybridized carbons (Fsp3) is 0.714. The molecule has 0 saturated carbocycles. The molecule has 118 valence electrons. The molecule has 1 N–H and O–H groups in total. The number of hydrogen-bond donors (Lipinski definition) is 1. The SMILES string of the molecule is CNCC1CCCN1c1cnn(CCN(C)C)c(=O)c1Cl. The van der Waals surface area contributed by atoms with E-state index in [1.165, 1.54) is 4.68 Å². The van der Waals surface area contributed by atoms with Crippen LogP contribution in [-0.2, 0) is 6.54 Å². The first kappa shape index (κ1) is 16.3. The van der Waals surface area contributed by atoms with Crippen LogP contribution in [0.2, 0.25) is 5.02 Å². The third kappa shape index (κ3) is 3.75. The molecule has 1 aliphatic heterocycles. The number of likely N-dealkylation sites (N-methyl/N-ethyl adjacent to an activating group) is 2. The van der Waals surface area contributed by atoms with E-state index >= 15 is 0 Å². The van der Waals surface area contributed by atoms with Crippen molar-refractivity contribution >= 4 is 17.3 Å². The van der Waals surface area contributed by atoms with Gasteiger partial charge in [0.1, 0.15) is 5.02 Å². The van der Waals surface area contributed by atoms with E-state index in [2.05, 4.69) is 15.3 Å². The molecule has 2 heterocycles. The van der Waals surface area contributed by atoms with E-state index in [0.717, 1.165) is 38.2 Å². The Morgan fingerprint density at radius 3 is 2.95 bits per heavy atom. The lowest BCUT2D eigenvalue weighted by Crippen LogP contribution is -2.38. The van der Waals surface area contributed by atoms with Gasteiger partial charge in [-0.05, 0) is 34.0 Å². The Morgan fingerprint density at radius 1 is 1.52 bits per heavy atom. The summed E-state index contributed by atoms with van der Waals surface area (Å²) in [6.07, 6.45) is 3.96. The van der Waals surface area contributed by atoms with Gasteiger partial charge in [0.25, 0.3) is 5.56 Å². The monoisotopic (exact) mass is 313 g/mol. The van der Waals surface area contributed by atoms with Gasteiger partial charge in [0, 0.05) is 25.7 Å². The number of aromatic nitrogens is 2. The summed E-state index contributed by atoms with van der Waals surface area (Å²) in [5.41, 5.74) is 0.562. The minimum Gasteiger partial charge on any atom is -0.365 e. The van der Waals surface area contributed by atoms with Crippen LogP contribution in [0.3, 0.4) is 0 Å². The second-order valence-corrected chi connectivity index (χ2v) is 6.10. The lowest BCUT2D eigenvalue weighted by atomic mass is 10.2. The number of hydrogen-bond acceptors (Lipinski definition) is 5. The molecular formula is C14H24ClN5O. The van der Waals surface area contributed by atoms with Gasteiger partial charge in [-0.25, -0.2) is 4.68 Å². The lowest BCUT2D eigenvalue weighted by molar-refractivity contribution is 0.367. The number of halogens is 1. The molecule has 0 amide bonds. The van der Waals surface area contributed by atoms with E-state index < -0.39 is 0 Å². The van der Waals surface area contributed by atoms with Crippen molar-refractivity contribution < 1.29 is 0 Å². The number of anilines is 1. The number of rotatable bonds is 6. The standard InChI is InChI=1S/C14H24ClN5O/c1-16-9-11-5-4-6-19(11)12-10-17-20(8-7-18(2)3)14(21)13(12)15/h10-11,16H,4-9H2,1-3H3. The van der Waals surface area contributed by atoms with Crippen LogP contribution in [-0.4, -0.2) is 61.5 Å². The summed E-state index contributed by atoms with van der Waals surface area (Å²) in [4.78, 5) is 16.5. The van der Waals surface area contributed by atoms with E-state index in [0.29, 0.717) is 12.6 Å². The topological polar surface area (TPSA) is 53.4 Å². The highest BCUT2D eigenvalue weighted by Crippen LogP contribution is 2.28. The summed E-state index contributed by atoms with van der Waals surface area (Å²) in [6.45, 7) is 3.12. The van der Waals surface area contributed by atoms with Crippen LogP contribution >= 0.6 is 11.6 Å². The molecule has 0 aromatic carbocycles. The summed E-state index contributed by atoms with van der Waals surface area (Å²) in [7, 11) is 5.87. The van der Waals surface area contributed by atoms with E-state index in [9.17, 15) is 4.79 Å². The summed E-state index contributed by atoms with van der Waals surface area (Å²) < 4.78 is 1.44. The predicted octanol–water partition coefficient (Wildman–Crippen LogP) is 0.646. The van der Waals surface area contributed by atoms with Gasteiger partial charge in [-0.3, -0.25) is 4.79 Å². The van der Waals surface area contributed by atoms with E-state index in [4.69, 9.17) is 11.6 Å². The molecule has 0 spiro atoms. The van der Waals surface area contributed by atoms with Crippen LogP contribution in [0.25, 0.3) is 0 Å². The smallest absolute Gasteiger partial charge is 0.287 e. The molecule has 1 aromatic heterocycles. The Morgan fingerprint density at radius 2 is 2.29 bits per heavy atom. The van der Waals surface area contributed by atoms with Crippen molar-refractivity contribution in [2.75, 3.05) is 45.7 Å². The zero-order valence-electron chi connectivity index (χ0n) is 13.0. The third-order valence-corrected chi connectivity index (χ3v) is 4.21. The number of nitrogens with zero attached hydrogens (tertiary/aromatic N) is 4. The highest BCUT2D eigenvalue weighted by atomic mass is 35.5. The van der Waals surface area contributed by atoms with Gasteiger partial charge in [0.2, 0.25) is 0 Å². The second kappa shape index (κ2) is 7.24. The Bertz CT molecular complexity index is 531. The maximum Gasteiger partial charge on any atom is 0.287 e. The van der Waals surface area contributed by atoms with Crippen LogP contribution in [0.5, 0.6) is 0 Å². The molecular weight excluding hydrogens is 290 g/mol. The van der Waals surface area contributed by atoms with Gasteiger partial charge >= 0.3 is 0 Å². The highest BCUT2D eigenvalue weighted by Gasteiger charge is 2.27. The Labute approximate surface area is 130 Å². The molecule has 1 fully saturated rings. The summed E-state index contributed by atoms with van der Waals surface area (Å²) in [5.74, 6) is 0. The van der Waals surface area contributed by atoms with Crippen LogP contribution < -0.4 is 15.8 Å². The molecule has 1 atom stereocenters. The Kier molecular flexibility index (Phi) is 5.61. The molecule has 1 unspecified atom stereocenters. The molecule has 7 heteroatoms. The Balaban J connectivity index is 2.22. The zero-order chi connectivity index (χ0) is 15.4. The summed E-state index contributed by atoms with van der Waals surface area (Å²) >= 11 is 6.31. The molecule has 1 aliphatic rings. The van der Waals surface area contributed by atoms with E-state index in [-0.39, 0.29) is 10.6 Å². The molecule has 2 rings (SSSR count). The van der Waals surface area contributed by atoms with Crippen molar-refractivity contribution in [3.8, 4) is 0 Å². The first-order valence-corrected chi connectivity index (χ1v) is 7.74. The summed E-state index contributed by atoms with van der Waals surface area (Å²) in [6, 6.07) is 0.381. The molecule has 0 radical (unpaired) electrons. The average molecular weight is 314 g/mol. The van der Waals surface area contributed by atoms with Gasteiger partial charge in [-0.15, -0.1) is 0 Å². The first-order valence-electron chi connectivity index (χ1n) is 7.36. The number of nitrogens with one attached hydrogen (secondary N) is 1.